The summed E-state index contributed by atoms with van der Waals surface area (Å²) in [6, 6.07) is 0.546. The zero-order valence-electron chi connectivity index (χ0n) is 13.7. The number of nitrogens with zero attached hydrogens (tertiary/aromatic N) is 2. The molecular weight excluding hydrogens is 336 g/mol. The van der Waals surface area contributed by atoms with E-state index in [0.717, 1.165) is 0 Å². The Morgan fingerprint density at radius 3 is 2.67 bits per heavy atom. The highest BCUT2D eigenvalue weighted by molar-refractivity contribution is 7.89. The molecule has 8 nitrogen and oxygen atoms in total. The third-order valence-electron chi connectivity index (χ3n) is 4.32. The average Bonchev–Trinajstić information content (AvgIpc) is 2.54. The molecule has 0 radical (unpaired) electrons. The minimum Gasteiger partial charge on any atom is -0.481 e. The summed E-state index contributed by atoms with van der Waals surface area (Å²) in [5.41, 5.74) is 0.425. The number of carbonyl (C=O) groups is 2. The Hall–Kier alpha value is -2.00. The van der Waals surface area contributed by atoms with Crippen molar-refractivity contribution in [1.29, 1.82) is 0 Å². The van der Waals surface area contributed by atoms with Gasteiger partial charge >= 0.3 is 11.9 Å². The Kier molecular flexibility index (Phi) is 5.24. The van der Waals surface area contributed by atoms with Crippen LogP contribution in [0.1, 0.15) is 35.8 Å². The van der Waals surface area contributed by atoms with Gasteiger partial charge in [0.2, 0.25) is 10.0 Å². The molecule has 0 aromatic carbocycles. The van der Waals surface area contributed by atoms with E-state index in [9.17, 15) is 23.1 Å². The summed E-state index contributed by atoms with van der Waals surface area (Å²) in [4.78, 5) is 26.9. The molecule has 0 bridgehead atoms. The minimum atomic E-state index is -3.96. The number of carbonyl (C=O) groups excluding carboxylic acids is 1. The number of hydrogen-bond donors (Lipinski definition) is 1. The van der Waals surface area contributed by atoms with Crippen molar-refractivity contribution in [3.8, 4) is 0 Å². The highest BCUT2D eigenvalue weighted by Crippen LogP contribution is 2.29. The number of carboxylic acid groups (broad SMARTS) is 1. The summed E-state index contributed by atoms with van der Waals surface area (Å²) in [5, 5.41) is 9.25. The smallest absolute Gasteiger partial charge is 0.339 e. The molecule has 1 fully saturated rings. The maximum atomic E-state index is 12.9. The molecule has 2 rings (SSSR count). The van der Waals surface area contributed by atoms with Crippen LogP contribution in [0.3, 0.4) is 0 Å². The van der Waals surface area contributed by atoms with Gasteiger partial charge in [-0.25, -0.2) is 13.2 Å². The van der Waals surface area contributed by atoms with Gasteiger partial charge < -0.3 is 9.84 Å². The first kappa shape index (κ1) is 18.3. The molecule has 1 aromatic rings. The molecule has 24 heavy (non-hydrogen) atoms. The molecule has 0 spiro atoms. The number of rotatable bonds is 4. The number of aromatic nitrogens is 1. The number of ether oxygens (including phenoxy) is 1. The molecule has 1 aliphatic rings. The Bertz CT molecular complexity index is 761. The zero-order chi connectivity index (χ0) is 18.1. The van der Waals surface area contributed by atoms with Crippen LogP contribution in [0.4, 0.5) is 0 Å². The second kappa shape index (κ2) is 6.86. The molecule has 1 aliphatic heterocycles. The molecule has 2 heterocycles. The van der Waals surface area contributed by atoms with E-state index in [0.29, 0.717) is 18.5 Å². The molecule has 1 N–H and O–H groups in total. The highest BCUT2D eigenvalue weighted by Gasteiger charge is 2.39. The normalized spacial score (nSPS) is 22.1. The predicted octanol–water partition coefficient (Wildman–Crippen LogP) is 1.05. The van der Waals surface area contributed by atoms with Gasteiger partial charge in [-0.1, -0.05) is 0 Å². The molecule has 9 heteroatoms. The fourth-order valence-electron chi connectivity index (χ4n) is 2.89. The number of pyridine rings is 1. The van der Waals surface area contributed by atoms with E-state index in [2.05, 4.69) is 9.72 Å². The number of aliphatic carboxylic acids is 1. The third-order valence-corrected chi connectivity index (χ3v) is 6.27. The van der Waals surface area contributed by atoms with Crippen LogP contribution in [0.2, 0.25) is 0 Å². The molecule has 0 unspecified atom stereocenters. The predicted molar refractivity (Wildman–Crippen MR) is 84.0 cm³/mol. The van der Waals surface area contributed by atoms with E-state index >= 15 is 0 Å². The van der Waals surface area contributed by atoms with Gasteiger partial charge in [-0.2, -0.15) is 4.31 Å². The number of hydrogen-bond acceptors (Lipinski definition) is 6. The Labute approximate surface area is 140 Å². The van der Waals surface area contributed by atoms with Crippen LogP contribution in [-0.2, 0) is 19.6 Å². The van der Waals surface area contributed by atoms with Crippen LogP contribution in [0.15, 0.2) is 17.2 Å². The van der Waals surface area contributed by atoms with Crippen LogP contribution in [0.25, 0.3) is 0 Å². The summed E-state index contributed by atoms with van der Waals surface area (Å²) in [7, 11) is -2.76. The van der Waals surface area contributed by atoms with Gasteiger partial charge in [-0.05, 0) is 32.8 Å². The van der Waals surface area contributed by atoms with Crippen molar-refractivity contribution in [1.82, 2.24) is 9.29 Å². The van der Waals surface area contributed by atoms with E-state index in [1.807, 2.05) is 0 Å². The van der Waals surface area contributed by atoms with Crippen molar-refractivity contribution in [2.24, 2.45) is 5.92 Å². The highest BCUT2D eigenvalue weighted by atomic mass is 32.2. The molecule has 0 amide bonds. The lowest BCUT2D eigenvalue weighted by molar-refractivity contribution is -0.144. The molecule has 0 saturated carbocycles. The first-order valence-electron chi connectivity index (χ1n) is 7.49. The average molecular weight is 356 g/mol. The first-order valence-corrected chi connectivity index (χ1v) is 8.93. The number of piperidine rings is 1. The van der Waals surface area contributed by atoms with Crippen molar-refractivity contribution >= 4 is 22.0 Å². The van der Waals surface area contributed by atoms with Crippen LogP contribution in [-0.4, -0.2) is 54.4 Å². The third kappa shape index (κ3) is 3.27. The van der Waals surface area contributed by atoms with Gasteiger partial charge in [0, 0.05) is 18.8 Å². The monoisotopic (exact) mass is 356 g/mol. The van der Waals surface area contributed by atoms with Gasteiger partial charge in [0.15, 0.2) is 0 Å². The van der Waals surface area contributed by atoms with E-state index in [1.165, 1.54) is 23.7 Å². The number of carboxylic acids is 1. The van der Waals surface area contributed by atoms with Gasteiger partial charge in [0.1, 0.15) is 4.90 Å². The standard InChI is InChI=1S/C15H20N2O6S/c1-9-13(15(20)23-3)7-11(8-16-9)24(21,22)17-6-4-5-12(10(17)2)14(18)19/h7-8,10,12H,4-6H2,1-3H3,(H,18,19)/t10-,12-/m0/s1. The lowest BCUT2D eigenvalue weighted by Crippen LogP contribution is -2.49. The molecule has 0 aliphatic carbocycles. The quantitative estimate of drug-likeness (QED) is 0.802. The topological polar surface area (TPSA) is 114 Å². The largest absolute Gasteiger partial charge is 0.481 e. The zero-order valence-corrected chi connectivity index (χ0v) is 14.5. The van der Waals surface area contributed by atoms with E-state index in [4.69, 9.17) is 0 Å². The van der Waals surface area contributed by atoms with Crippen LogP contribution >= 0.6 is 0 Å². The summed E-state index contributed by atoms with van der Waals surface area (Å²) in [5.74, 6) is -2.45. The molecule has 1 saturated heterocycles. The lowest BCUT2D eigenvalue weighted by Gasteiger charge is -2.36. The Morgan fingerprint density at radius 1 is 1.42 bits per heavy atom. The fourth-order valence-corrected chi connectivity index (χ4v) is 4.57. The van der Waals surface area contributed by atoms with Gasteiger partial charge in [-0.3, -0.25) is 9.78 Å². The summed E-state index contributed by atoms with van der Waals surface area (Å²) in [6.45, 7) is 3.39. The number of aryl methyl sites for hydroxylation is 1. The number of methoxy groups -OCH3 is 1. The molecule has 132 valence electrons. The van der Waals surface area contributed by atoms with Gasteiger partial charge in [0.05, 0.1) is 24.3 Å². The summed E-state index contributed by atoms with van der Waals surface area (Å²) >= 11 is 0. The molecule has 2 atom stereocenters. The maximum absolute atomic E-state index is 12.9. The number of sulfonamides is 1. The SMILES string of the molecule is COC(=O)c1cc(S(=O)(=O)N2CCC[C@H](C(=O)O)[C@@H]2C)cnc1C. The summed E-state index contributed by atoms with van der Waals surface area (Å²) < 4.78 is 31.6. The lowest BCUT2D eigenvalue weighted by atomic mass is 9.92. The van der Waals surface area contributed by atoms with Crippen molar-refractivity contribution in [2.45, 2.75) is 37.6 Å². The molecule has 1 aromatic heterocycles. The van der Waals surface area contributed by atoms with E-state index in [1.54, 1.807) is 13.8 Å². The van der Waals surface area contributed by atoms with Crippen LogP contribution in [0.5, 0.6) is 0 Å². The van der Waals surface area contributed by atoms with Gasteiger partial charge in [-0.15, -0.1) is 0 Å². The number of esters is 1. The Morgan fingerprint density at radius 2 is 2.08 bits per heavy atom. The van der Waals surface area contributed by atoms with Crippen molar-refractivity contribution in [3.63, 3.8) is 0 Å². The van der Waals surface area contributed by atoms with Crippen LogP contribution in [0, 0.1) is 12.8 Å². The maximum Gasteiger partial charge on any atom is 0.339 e. The Balaban J connectivity index is 2.43. The molecular formula is C15H20N2O6S. The van der Waals surface area contributed by atoms with E-state index in [-0.39, 0.29) is 17.0 Å². The van der Waals surface area contributed by atoms with E-state index < -0.39 is 33.9 Å². The fraction of sp³-hybridized carbons (Fsp3) is 0.533. The van der Waals surface area contributed by atoms with Crippen molar-refractivity contribution in [2.75, 3.05) is 13.7 Å². The second-order valence-corrected chi connectivity index (χ2v) is 7.63. The van der Waals surface area contributed by atoms with Gasteiger partial charge in [0.25, 0.3) is 0 Å². The second-order valence-electron chi connectivity index (χ2n) is 5.74. The minimum absolute atomic E-state index is 0.0676. The van der Waals surface area contributed by atoms with Crippen molar-refractivity contribution in [3.05, 3.63) is 23.5 Å². The van der Waals surface area contributed by atoms with Crippen LogP contribution < -0.4 is 0 Å². The van der Waals surface area contributed by atoms with Crippen molar-refractivity contribution < 1.29 is 27.9 Å². The first-order chi connectivity index (χ1) is 11.2. The summed E-state index contributed by atoms with van der Waals surface area (Å²) in [6.07, 6.45) is 2.07.